The van der Waals surface area contributed by atoms with Gasteiger partial charge in [-0.25, -0.2) is 4.79 Å². The molecule has 0 aliphatic carbocycles. The van der Waals surface area contributed by atoms with E-state index in [1.54, 1.807) is 0 Å². The molecule has 0 spiro atoms. The second-order valence-corrected chi connectivity index (χ2v) is 5.86. The van der Waals surface area contributed by atoms with E-state index >= 15 is 0 Å². The molecular weight excluding hydrogens is 252 g/mol. The van der Waals surface area contributed by atoms with Gasteiger partial charge in [0.15, 0.2) is 6.04 Å². The Morgan fingerprint density at radius 3 is 2.85 bits per heavy atom. The van der Waals surface area contributed by atoms with Gasteiger partial charge in [0.05, 0.1) is 12.8 Å². The Morgan fingerprint density at radius 2 is 2.15 bits per heavy atom. The topological polar surface area (TPSA) is 58.7 Å². The summed E-state index contributed by atoms with van der Waals surface area (Å²) >= 11 is 0. The molecule has 1 aliphatic heterocycles. The minimum Gasteiger partial charge on any atom is -0.465 e. The van der Waals surface area contributed by atoms with E-state index in [1.165, 1.54) is 23.8 Å². The third-order valence-electron chi connectivity index (χ3n) is 4.27. The van der Waals surface area contributed by atoms with E-state index in [0.717, 1.165) is 11.9 Å². The van der Waals surface area contributed by atoms with Gasteiger partial charge in [-0.1, -0.05) is 32.0 Å². The predicted molar refractivity (Wildman–Crippen MR) is 77.3 cm³/mol. The number of carbonyl (C=O) groups is 1. The first kappa shape index (κ1) is 13.2. The third kappa shape index (κ3) is 2.00. The lowest BCUT2D eigenvalue weighted by molar-refractivity contribution is -0.727. The lowest BCUT2D eigenvalue weighted by atomic mass is 9.89. The van der Waals surface area contributed by atoms with Gasteiger partial charge in [0.2, 0.25) is 0 Å². The Kier molecular flexibility index (Phi) is 3.26. The first-order valence-corrected chi connectivity index (χ1v) is 7.14. The Balaban J connectivity index is 2.11. The molecule has 2 atom stereocenters. The minimum atomic E-state index is -0.140. The fourth-order valence-corrected chi connectivity index (χ4v) is 3.23. The highest BCUT2D eigenvalue weighted by Gasteiger charge is 2.38. The molecule has 0 bridgehead atoms. The summed E-state index contributed by atoms with van der Waals surface area (Å²) in [7, 11) is 1.46. The van der Waals surface area contributed by atoms with Crippen molar-refractivity contribution < 1.29 is 14.8 Å². The molecule has 0 amide bonds. The van der Waals surface area contributed by atoms with E-state index in [1.807, 2.05) is 12.1 Å². The van der Waals surface area contributed by atoms with Crippen LogP contribution in [0.15, 0.2) is 24.3 Å². The van der Waals surface area contributed by atoms with Gasteiger partial charge in [-0.3, -0.25) is 0 Å². The number of fused-ring (bicyclic) bond motifs is 3. The van der Waals surface area contributed by atoms with E-state index in [-0.39, 0.29) is 18.1 Å². The van der Waals surface area contributed by atoms with E-state index in [0.29, 0.717) is 5.92 Å². The number of esters is 1. The molecule has 1 aliphatic rings. The zero-order chi connectivity index (χ0) is 14.3. The van der Waals surface area contributed by atoms with Crippen LogP contribution in [0.5, 0.6) is 0 Å². The lowest BCUT2D eigenvalue weighted by Gasteiger charge is -2.28. The summed E-state index contributed by atoms with van der Waals surface area (Å²) in [5.74, 6) is 0.320. The van der Waals surface area contributed by atoms with Gasteiger partial charge in [0.1, 0.15) is 6.04 Å². The Morgan fingerprint density at radius 1 is 1.40 bits per heavy atom. The number of rotatable bonds is 2. The molecule has 3 rings (SSSR count). The number of methoxy groups -OCH3 is 1. The summed E-state index contributed by atoms with van der Waals surface area (Å²) in [6.07, 6.45) is 0.731. The average molecular weight is 273 g/mol. The zero-order valence-electron chi connectivity index (χ0n) is 12.1. The normalized spacial score (nSPS) is 22.0. The van der Waals surface area contributed by atoms with Gasteiger partial charge in [-0.15, -0.1) is 0 Å². The SMILES string of the molecule is COC(=O)[C@H]1Cc2c([nH]c3ccccc23)[C@@H](C(C)C)[NH2+]1. The smallest absolute Gasteiger partial charge is 0.364 e. The molecule has 3 N–H and O–H groups in total. The van der Waals surface area contributed by atoms with Crippen LogP contribution < -0.4 is 5.32 Å². The number of H-pyrrole nitrogens is 1. The second-order valence-electron chi connectivity index (χ2n) is 5.86. The summed E-state index contributed by atoms with van der Waals surface area (Å²) < 4.78 is 4.94. The molecule has 0 saturated heterocycles. The summed E-state index contributed by atoms with van der Waals surface area (Å²) in [4.78, 5) is 15.5. The fourth-order valence-electron chi connectivity index (χ4n) is 3.23. The molecule has 4 heteroatoms. The van der Waals surface area contributed by atoms with Crippen LogP contribution in [0.4, 0.5) is 0 Å². The minimum absolute atomic E-state index is 0.133. The van der Waals surface area contributed by atoms with Crippen molar-refractivity contribution in [2.24, 2.45) is 5.92 Å². The molecule has 2 aromatic rings. The maximum absolute atomic E-state index is 11.9. The van der Waals surface area contributed by atoms with E-state index in [2.05, 4.69) is 36.3 Å². The number of aromatic nitrogens is 1. The van der Waals surface area contributed by atoms with Crippen molar-refractivity contribution in [3.05, 3.63) is 35.5 Å². The molecule has 0 unspecified atom stereocenters. The van der Waals surface area contributed by atoms with Crippen molar-refractivity contribution in [3.8, 4) is 0 Å². The van der Waals surface area contributed by atoms with Gasteiger partial charge in [-0.05, 0) is 11.6 Å². The van der Waals surface area contributed by atoms with Crippen molar-refractivity contribution in [1.82, 2.24) is 4.98 Å². The number of ether oxygens (including phenoxy) is 1. The van der Waals surface area contributed by atoms with Crippen LogP contribution in [0.2, 0.25) is 0 Å². The maximum Gasteiger partial charge on any atom is 0.364 e. The van der Waals surface area contributed by atoms with Gasteiger partial charge in [0, 0.05) is 23.2 Å². The number of quaternary nitrogens is 1. The van der Waals surface area contributed by atoms with Crippen LogP contribution in [0.1, 0.15) is 31.1 Å². The van der Waals surface area contributed by atoms with Gasteiger partial charge < -0.3 is 15.0 Å². The number of nitrogens with one attached hydrogen (secondary N) is 1. The van der Waals surface area contributed by atoms with Crippen molar-refractivity contribution in [3.63, 3.8) is 0 Å². The number of para-hydroxylation sites is 1. The van der Waals surface area contributed by atoms with Gasteiger partial charge in [-0.2, -0.15) is 0 Å². The van der Waals surface area contributed by atoms with Gasteiger partial charge in [0.25, 0.3) is 0 Å². The molecule has 2 heterocycles. The van der Waals surface area contributed by atoms with Crippen LogP contribution in [0, 0.1) is 5.92 Å². The molecule has 4 nitrogen and oxygen atoms in total. The summed E-state index contributed by atoms with van der Waals surface area (Å²) in [6.45, 7) is 4.38. The van der Waals surface area contributed by atoms with Crippen LogP contribution in [-0.2, 0) is 16.0 Å². The molecule has 1 aromatic carbocycles. The Bertz CT molecular complexity index is 645. The molecule has 0 fully saturated rings. The third-order valence-corrected chi connectivity index (χ3v) is 4.27. The number of carbonyl (C=O) groups excluding carboxylic acids is 1. The highest BCUT2D eigenvalue weighted by Crippen LogP contribution is 2.31. The number of hydrogen-bond acceptors (Lipinski definition) is 2. The monoisotopic (exact) mass is 273 g/mol. The summed E-state index contributed by atoms with van der Waals surface area (Å²) in [6, 6.07) is 8.44. The molecule has 1 aromatic heterocycles. The van der Waals surface area contributed by atoms with E-state index < -0.39 is 0 Å². The van der Waals surface area contributed by atoms with Crippen molar-refractivity contribution in [2.75, 3.05) is 7.11 Å². The zero-order valence-corrected chi connectivity index (χ0v) is 12.1. The molecule has 0 radical (unpaired) electrons. The number of hydrogen-bond donors (Lipinski definition) is 2. The molecule has 20 heavy (non-hydrogen) atoms. The highest BCUT2D eigenvalue weighted by atomic mass is 16.5. The summed E-state index contributed by atoms with van der Waals surface area (Å²) in [5, 5.41) is 3.38. The lowest BCUT2D eigenvalue weighted by Crippen LogP contribution is -2.95. The molecular formula is C16H21N2O2+. The van der Waals surface area contributed by atoms with Crippen molar-refractivity contribution in [1.29, 1.82) is 0 Å². The van der Waals surface area contributed by atoms with Crippen molar-refractivity contribution >= 4 is 16.9 Å². The molecule has 0 saturated carbocycles. The quantitative estimate of drug-likeness (QED) is 0.815. The number of nitrogens with two attached hydrogens (primary N) is 1. The average Bonchev–Trinajstić information content (AvgIpc) is 2.83. The van der Waals surface area contributed by atoms with E-state index in [9.17, 15) is 4.79 Å². The number of benzene rings is 1. The number of aromatic amines is 1. The summed E-state index contributed by atoms with van der Waals surface area (Å²) in [5.41, 5.74) is 3.70. The first-order valence-electron chi connectivity index (χ1n) is 7.14. The highest BCUT2D eigenvalue weighted by molar-refractivity contribution is 5.86. The van der Waals surface area contributed by atoms with Crippen LogP contribution in [0.3, 0.4) is 0 Å². The van der Waals surface area contributed by atoms with Crippen LogP contribution >= 0.6 is 0 Å². The standard InChI is InChI=1S/C16H20N2O2/c1-9(2)14-15-11(8-13(18-14)16(19)20-3)10-6-4-5-7-12(10)17-15/h4-7,9,13-14,17-18H,8H2,1-3H3/p+1/t13-,14-/m1/s1. The van der Waals surface area contributed by atoms with Crippen molar-refractivity contribution in [2.45, 2.75) is 32.4 Å². The van der Waals surface area contributed by atoms with Gasteiger partial charge >= 0.3 is 5.97 Å². The largest absolute Gasteiger partial charge is 0.465 e. The van der Waals surface area contributed by atoms with Crippen LogP contribution in [-0.4, -0.2) is 24.1 Å². The predicted octanol–water partition coefficient (Wildman–Crippen LogP) is 1.53. The fraction of sp³-hybridized carbons (Fsp3) is 0.438. The maximum atomic E-state index is 11.9. The first-order chi connectivity index (χ1) is 9.61. The second kappa shape index (κ2) is 4.94. The molecule has 106 valence electrons. The Labute approximate surface area is 118 Å². The van der Waals surface area contributed by atoms with Crippen LogP contribution in [0.25, 0.3) is 10.9 Å². The van der Waals surface area contributed by atoms with E-state index in [4.69, 9.17) is 4.74 Å². The Hall–Kier alpha value is -1.81.